The molecule has 1 aliphatic rings. The number of hydrogen-bond acceptors (Lipinski definition) is 12. The van der Waals surface area contributed by atoms with Crippen molar-refractivity contribution in [2.75, 3.05) is 44.3 Å². The standard InChI is InChI=1S/C37H38ClN7O4S2/c38-27-11-7-26(8-12-27)36-43-28(23-50-36)24-51-37-31(21-41)34(30(20-40)35(44-37)45-16-4-5-17-45)25-9-13-29(14-10-25)48-18-19-49-33(47)22-42-32(46)6-2-1-3-15-39/h7-14,23H,1-6,15-19,22,24,39H2,(H,42,46). The molecule has 0 saturated carbocycles. The van der Waals surface area contributed by atoms with Crippen molar-refractivity contribution in [1.82, 2.24) is 15.3 Å². The molecule has 1 amide bonds. The summed E-state index contributed by atoms with van der Waals surface area (Å²) in [6.07, 6.45) is 4.81. The van der Waals surface area contributed by atoms with Crippen molar-refractivity contribution in [3.63, 3.8) is 0 Å². The third-order valence-electron chi connectivity index (χ3n) is 8.07. The monoisotopic (exact) mass is 743 g/mol. The number of thioether (sulfide) groups is 1. The number of benzene rings is 2. The third kappa shape index (κ3) is 10.4. The quantitative estimate of drug-likeness (QED) is 0.0670. The number of carbonyl (C=O) groups excluding carboxylic acids is 2. The maximum Gasteiger partial charge on any atom is 0.325 e. The summed E-state index contributed by atoms with van der Waals surface area (Å²) in [7, 11) is 0. The zero-order valence-electron chi connectivity index (χ0n) is 28.0. The Balaban J connectivity index is 1.25. The van der Waals surface area contributed by atoms with E-state index >= 15 is 0 Å². The fourth-order valence-electron chi connectivity index (χ4n) is 5.50. The molecule has 11 nitrogen and oxygen atoms in total. The average Bonchev–Trinajstić information content (AvgIpc) is 3.87. The van der Waals surface area contributed by atoms with Crippen LogP contribution in [0.5, 0.6) is 5.75 Å². The van der Waals surface area contributed by atoms with Gasteiger partial charge in [-0.25, -0.2) is 9.97 Å². The fourth-order valence-corrected chi connectivity index (χ4v) is 7.44. The Labute approximate surface area is 310 Å². The van der Waals surface area contributed by atoms with Crippen LogP contribution in [-0.2, 0) is 20.1 Å². The van der Waals surface area contributed by atoms with Crippen LogP contribution < -0.4 is 20.7 Å². The molecule has 0 bridgehead atoms. The lowest BCUT2D eigenvalue weighted by atomic mass is 9.96. The maximum atomic E-state index is 12.0. The summed E-state index contributed by atoms with van der Waals surface area (Å²) < 4.78 is 11.0. The number of carbonyl (C=O) groups is 2. The third-order valence-corrected chi connectivity index (χ3v) is 10.3. The molecule has 5 rings (SSSR count). The first-order valence-corrected chi connectivity index (χ1v) is 19.0. The summed E-state index contributed by atoms with van der Waals surface area (Å²) in [6, 6.07) is 19.3. The van der Waals surface area contributed by atoms with E-state index < -0.39 is 5.97 Å². The van der Waals surface area contributed by atoms with Gasteiger partial charge in [0.2, 0.25) is 5.91 Å². The molecule has 51 heavy (non-hydrogen) atoms. The number of unbranched alkanes of at least 4 members (excludes halogenated alkanes) is 2. The number of nitrogens with two attached hydrogens (primary N) is 1. The molecule has 14 heteroatoms. The number of esters is 1. The van der Waals surface area contributed by atoms with Gasteiger partial charge in [0, 0.05) is 46.8 Å². The molecule has 0 unspecified atom stereocenters. The van der Waals surface area contributed by atoms with Gasteiger partial charge in [0.05, 0.1) is 11.3 Å². The number of nitrogens with one attached hydrogen (secondary N) is 1. The number of anilines is 1. The lowest BCUT2D eigenvalue weighted by Crippen LogP contribution is -2.31. The second kappa shape index (κ2) is 19.1. The Bertz CT molecular complexity index is 1880. The summed E-state index contributed by atoms with van der Waals surface area (Å²) in [6.45, 7) is 2.08. The van der Waals surface area contributed by atoms with Crippen molar-refractivity contribution in [2.45, 2.75) is 49.3 Å². The van der Waals surface area contributed by atoms with Crippen molar-refractivity contribution in [2.24, 2.45) is 5.73 Å². The van der Waals surface area contributed by atoms with Crippen LogP contribution in [0.15, 0.2) is 58.9 Å². The number of halogens is 1. The second-order valence-electron chi connectivity index (χ2n) is 11.7. The summed E-state index contributed by atoms with van der Waals surface area (Å²) >= 11 is 9.02. The summed E-state index contributed by atoms with van der Waals surface area (Å²) in [4.78, 5) is 35.7. The highest BCUT2D eigenvalue weighted by molar-refractivity contribution is 7.98. The Kier molecular flexibility index (Phi) is 14.1. The van der Waals surface area contributed by atoms with Gasteiger partial charge in [0.1, 0.15) is 59.1 Å². The number of pyridine rings is 1. The van der Waals surface area contributed by atoms with Gasteiger partial charge >= 0.3 is 5.97 Å². The Morgan fingerprint density at radius 1 is 0.961 bits per heavy atom. The van der Waals surface area contributed by atoms with E-state index in [2.05, 4.69) is 22.4 Å². The molecular formula is C37H38ClN7O4S2. The van der Waals surface area contributed by atoms with E-state index in [1.165, 1.54) is 11.8 Å². The number of nitriles is 2. The van der Waals surface area contributed by atoms with E-state index in [4.69, 9.17) is 36.8 Å². The highest BCUT2D eigenvalue weighted by Crippen LogP contribution is 2.40. The van der Waals surface area contributed by atoms with Gasteiger partial charge in [-0.2, -0.15) is 10.5 Å². The van der Waals surface area contributed by atoms with Gasteiger partial charge in [-0.3, -0.25) is 9.59 Å². The summed E-state index contributed by atoms with van der Waals surface area (Å²) in [5, 5.41) is 27.5. The predicted octanol–water partition coefficient (Wildman–Crippen LogP) is 6.72. The lowest BCUT2D eigenvalue weighted by Gasteiger charge is -2.22. The number of thiazole rings is 1. The number of aromatic nitrogens is 2. The largest absolute Gasteiger partial charge is 0.490 e. The normalized spacial score (nSPS) is 12.3. The van der Waals surface area contributed by atoms with Crippen LogP contribution in [0.3, 0.4) is 0 Å². The van der Waals surface area contributed by atoms with E-state index in [1.807, 2.05) is 41.8 Å². The molecule has 2 aromatic carbocycles. The minimum absolute atomic E-state index is 0.00836. The first kappa shape index (κ1) is 37.6. The highest BCUT2D eigenvalue weighted by Gasteiger charge is 2.26. The van der Waals surface area contributed by atoms with Crippen LogP contribution in [0.4, 0.5) is 5.82 Å². The van der Waals surface area contributed by atoms with E-state index in [1.54, 1.807) is 23.5 Å². The van der Waals surface area contributed by atoms with Crippen molar-refractivity contribution in [1.29, 1.82) is 10.5 Å². The molecule has 1 saturated heterocycles. The number of hydrogen-bond donors (Lipinski definition) is 2. The van der Waals surface area contributed by atoms with Crippen molar-refractivity contribution in [3.8, 4) is 39.6 Å². The van der Waals surface area contributed by atoms with Gasteiger partial charge in [-0.15, -0.1) is 11.3 Å². The SMILES string of the molecule is N#Cc1c(SCc2csc(-c3ccc(Cl)cc3)n2)nc(N2CCCC2)c(C#N)c1-c1ccc(OCCOC(=O)CNC(=O)CCCCCN)cc1. The Morgan fingerprint density at radius 2 is 1.69 bits per heavy atom. The van der Waals surface area contributed by atoms with Crippen LogP contribution in [0, 0.1) is 22.7 Å². The van der Waals surface area contributed by atoms with Crippen molar-refractivity contribution < 1.29 is 19.1 Å². The number of rotatable bonds is 17. The number of nitrogens with zero attached hydrogens (tertiary/aromatic N) is 5. The van der Waals surface area contributed by atoms with E-state index in [-0.39, 0.29) is 25.7 Å². The average molecular weight is 744 g/mol. The zero-order valence-corrected chi connectivity index (χ0v) is 30.4. The van der Waals surface area contributed by atoms with E-state index in [0.717, 1.165) is 61.5 Å². The van der Waals surface area contributed by atoms with Crippen LogP contribution in [0.1, 0.15) is 55.3 Å². The van der Waals surface area contributed by atoms with E-state index in [9.17, 15) is 20.1 Å². The van der Waals surface area contributed by atoms with Crippen molar-refractivity contribution >= 4 is 52.4 Å². The highest BCUT2D eigenvalue weighted by atomic mass is 35.5. The summed E-state index contributed by atoms with van der Waals surface area (Å²) in [5.41, 5.74) is 9.20. The fraction of sp³-hybridized carbons (Fsp3) is 0.351. The number of amides is 1. The van der Waals surface area contributed by atoms with E-state index in [0.29, 0.717) is 62.6 Å². The minimum atomic E-state index is -0.547. The molecule has 0 atom stereocenters. The van der Waals surface area contributed by atoms with Crippen molar-refractivity contribution in [3.05, 3.63) is 75.8 Å². The molecule has 264 valence electrons. The topological polar surface area (TPSA) is 167 Å². The van der Waals surface area contributed by atoms with Gasteiger partial charge in [0.15, 0.2) is 0 Å². The summed E-state index contributed by atoms with van der Waals surface area (Å²) in [5.74, 6) is 0.859. The lowest BCUT2D eigenvalue weighted by molar-refractivity contribution is -0.144. The molecule has 0 spiro atoms. The number of ether oxygens (including phenoxy) is 2. The van der Waals surface area contributed by atoms with Crippen LogP contribution in [0.25, 0.3) is 21.7 Å². The second-order valence-corrected chi connectivity index (χ2v) is 14.0. The molecule has 1 aliphatic heterocycles. The van der Waals surface area contributed by atoms with Gasteiger partial charge in [-0.05, 0) is 62.1 Å². The van der Waals surface area contributed by atoms with Gasteiger partial charge < -0.3 is 25.4 Å². The van der Waals surface area contributed by atoms with Gasteiger partial charge in [0.25, 0.3) is 0 Å². The molecule has 4 aromatic rings. The Morgan fingerprint density at radius 3 is 2.39 bits per heavy atom. The molecular weight excluding hydrogens is 706 g/mol. The predicted molar refractivity (Wildman–Crippen MR) is 200 cm³/mol. The molecule has 3 heterocycles. The zero-order chi connectivity index (χ0) is 36.0. The first-order valence-electron chi connectivity index (χ1n) is 16.7. The Hall–Kier alpha value is -4.66. The minimum Gasteiger partial charge on any atom is -0.490 e. The molecule has 0 aliphatic carbocycles. The molecule has 0 radical (unpaired) electrons. The van der Waals surface area contributed by atoms with Crippen LogP contribution in [0.2, 0.25) is 5.02 Å². The van der Waals surface area contributed by atoms with Crippen LogP contribution >= 0.6 is 34.7 Å². The molecule has 1 fully saturated rings. The molecule has 2 aromatic heterocycles. The maximum absolute atomic E-state index is 12.0. The van der Waals surface area contributed by atoms with Gasteiger partial charge in [-0.1, -0.05) is 54.0 Å². The first-order chi connectivity index (χ1) is 24.9. The smallest absolute Gasteiger partial charge is 0.325 e. The molecule has 3 N–H and O–H groups in total. The van der Waals surface area contributed by atoms with Crippen LogP contribution in [-0.4, -0.2) is 61.2 Å².